The van der Waals surface area contributed by atoms with Crippen molar-refractivity contribution in [1.82, 2.24) is 15.3 Å². The molecule has 0 unspecified atom stereocenters. The fourth-order valence-corrected chi connectivity index (χ4v) is 1.03. The maximum Gasteiger partial charge on any atom is 0.128 e. The van der Waals surface area contributed by atoms with Crippen LogP contribution in [0.5, 0.6) is 0 Å². The first-order valence-corrected chi connectivity index (χ1v) is 4.31. The molecule has 0 aliphatic carbocycles. The lowest BCUT2D eigenvalue weighted by molar-refractivity contribution is 0.782. The summed E-state index contributed by atoms with van der Waals surface area (Å²) in [6.45, 7) is 2.97. The van der Waals surface area contributed by atoms with E-state index in [4.69, 9.17) is 0 Å². The Morgan fingerprint density at radius 2 is 2.00 bits per heavy atom. The summed E-state index contributed by atoms with van der Waals surface area (Å²) in [5, 5.41) is 3.06. The zero-order valence-electron chi connectivity index (χ0n) is 7.67. The summed E-state index contributed by atoms with van der Waals surface area (Å²) in [4.78, 5) is 8.47. The molecule has 0 atom stereocenters. The van der Waals surface area contributed by atoms with E-state index in [1.54, 1.807) is 0 Å². The Morgan fingerprint density at radius 1 is 1.33 bits per heavy atom. The number of aryl methyl sites for hydroxylation is 1. The van der Waals surface area contributed by atoms with Crippen molar-refractivity contribution < 1.29 is 0 Å². The summed E-state index contributed by atoms with van der Waals surface area (Å²) >= 11 is 0. The second-order valence-corrected chi connectivity index (χ2v) is 2.79. The summed E-state index contributed by atoms with van der Waals surface area (Å²) in [6, 6.07) is 0. The molecule has 1 N–H and O–H groups in total. The summed E-state index contributed by atoms with van der Waals surface area (Å²) in [5.41, 5.74) is 1.14. The fourth-order valence-electron chi connectivity index (χ4n) is 1.03. The summed E-state index contributed by atoms with van der Waals surface area (Å²) in [5.74, 6) is 0.942. The molecule has 0 saturated carbocycles. The van der Waals surface area contributed by atoms with Crippen molar-refractivity contribution in [2.45, 2.75) is 26.3 Å². The van der Waals surface area contributed by atoms with Gasteiger partial charge in [0.1, 0.15) is 5.82 Å². The van der Waals surface area contributed by atoms with Crippen molar-refractivity contribution in [3.8, 4) is 0 Å². The molecule has 1 rings (SSSR count). The van der Waals surface area contributed by atoms with Crippen molar-refractivity contribution in [3.05, 3.63) is 23.8 Å². The Hall–Kier alpha value is -0.960. The molecule has 0 bridgehead atoms. The minimum atomic E-state index is 0.840. The van der Waals surface area contributed by atoms with Crippen LogP contribution >= 0.6 is 0 Å². The average molecular weight is 165 g/mol. The topological polar surface area (TPSA) is 37.8 Å². The Morgan fingerprint density at radius 3 is 2.50 bits per heavy atom. The van der Waals surface area contributed by atoms with Gasteiger partial charge in [-0.3, -0.25) is 0 Å². The number of rotatable bonds is 4. The van der Waals surface area contributed by atoms with Crippen molar-refractivity contribution in [2.24, 2.45) is 0 Å². The van der Waals surface area contributed by atoms with Crippen molar-refractivity contribution in [1.29, 1.82) is 0 Å². The number of hydrogen-bond donors (Lipinski definition) is 1. The largest absolute Gasteiger partial charge is 0.316 e. The van der Waals surface area contributed by atoms with E-state index in [0.717, 1.165) is 30.8 Å². The van der Waals surface area contributed by atoms with E-state index in [9.17, 15) is 0 Å². The number of aromatic nitrogens is 2. The second kappa shape index (κ2) is 4.83. The molecular weight excluding hydrogens is 150 g/mol. The summed E-state index contributed by atoms with van der Waals surface area (Å²) in [6.07, 6.45) is 5.84. The van der Waals surface area contributed by atoms with Crippen molar-refractivity contribution >= 4 is 0 Å². The van der Waals surface area contributed by atoms with Crippen LogP contribution in [0.4, 0.5) is 0 Å². The van der Waals surface area contributed by atoms with Gasteiger partial charge in [-0.1, -0.05) is 6.92 Å². The molecular formula is C9H15N3. The first-order valence-electron chi connectivity index (χ1n) is 4.31. The van der Waals surface area contributed by atoms with Gasteiger partial charge in [0.05, 0.1) is 0 Å². The third kappa shape index (κ3) is 2.58. The van der Waals surface area contributed by atoms with Crippen LogP contribution in [0.15, 0.2) is 12.4 Å². The van der Waals surface area contributed by atoms with Crippen LogP contribution in [0, 0.1) is 0 Å². The summed E-state index contributed by atoms with van der Waals surface area (Å²) in [7, 11) is 1.92. The van der Waals surface area contributed by atoms with Gasteiger partial charge in [-0.25, -0.2) is 9.97 Å². The van der Waals surface area contributed by atoms with Crippen molar-refractivity contribution in [3.63, 3.8) is 0 Å². The van der Waals surface area contributed by atoms with Crippen LogP contribution in [0.1, 0.15) is 24.7 Å². The lowest BCUT2D eigenvalue weighted by atomic mass is 10.3. The van der Waals surface area contributed by atoms with E-state index in [-0.39, 0.29) is 0 Å². The quantitative estimate of drug-likeness (QED) is 0.727. The highest BCUT2D eigenvalue weighted by Gasteiger charge is 1.94. The molecule has 66 valence electrons. The minimum Gasteiger partial charge on any atom is -0.316 e. The van der Waals surface area contributed by atoms with Gasteiger partial charge in [0.25, 0.3) is 0 Å². The highest BCUT2D eigenvalue weighted by atomic mass is 14.9. The van der Waals surface area contributed by atoms with Crippen LogP contribution in [0.25, 0.3) is 0 Å². The molecule has 3 nitrogen and oxygen atoms in total. The fraction of sp³-hybridized carbons (Fsp3) is 0.556. The second-order valence-electron chi connectivity index (χ2n) is 2.79. The van der Waals surface area contributed by atoms with E-state index in [2.05, 4.69) is 22.2 Å². The van der Waals surface area contributed by atoms with E-state index >= 15 is 0 Å². The molecule has 3 heteroatoms. The van der Waals surface area contributed by atoms with Crippen LogP contribution in [-0.4, -0.2) is 17.0 Å². The van der Waals surface area contributed by atoms with Gasteiger partial charge in [-0.05, 0) is 13.5 Å². The zero-order valence-corrected chi connectivity index (χ0v) is 7.67. The van der Waals surface area contributed by atoms with Gasteiger partial charge in [0.15, 0.2) is 0 Å². The van der Waals surface area contributed by atoms with Crippen molar-refractivity contribution in [2.75, 3.05) is 7.05 Å². The average Bonchev–Trinajstić information content (AvgIpc) is 2.09. The third-order valence-corrected chi connectivity index (χ3v) is 1.61. The number of hydrogen-bond acceptors (Lipinski definition) is 3. The van der Waals surface area contributed by atoms with E-state index in [0.29, 0.717) is 0 Å². The molecule has 0 fully saturated rings. The van der Waals surface area contributed by atoms with Gasteiger partial charge in [0.2, 0.25) is 0 Å². The van der Waals surface area contributed by atoms with Crippen LogP contribution in [0.2, 0.25) is 0 Å². The normalized spacial score (nSPS) is 10.2. The molecule has 0 radical (unpaired) electrons. The Labute approximate surface area is 73.2 Å². The lowest BCUT2D eigenvalue weighted by Gasteiger charge is -1.99. The predicted octanol–water partition coefficient (Wildman–Crippen LogP) is 1.15. The van der Waals surface area contributed by atoms with E-state index < -0.39 is 0 Å². The molecule has 0 amide bonds. The minimum absolute atomic E-state index is 0.840. The number of nitrogens with zero attached hydrogens (tertiary/aromatic N) is 2. The zero-order chi connectivity index (χ0) is 8.81. The molecule has 1 aromatic rings. The third-order valence-electron chi connectivity index (χ3n) is 1.61. The van der Waals surface area contributed by atoms with Gasteiger partial charge < -0.3 is 5.32 Å². The molecule has 12 heavy (non-hydrogen) atoms. The first kappa shape index (κ1) is 9.13. The van der Waals surface area contributed by atoms with Gasteiger partial charge in [-0.2, -0.15) is 0 Å². The number of nitrogens with one attached hydrogen (secondary N) is 1. The summed E-state index contributed by atoms with van der Waals surface area (Å²) < 4.78 is 0. The Balaban J connectivity index is 2.58. The van der Waals surface area contributed by atoms with Crippen LogP contribution in [0.3, 0.4) is 0 Å². The van der Waals surface area contributed by atoms with Crippen LogP contribution < -0.4 is 5.32 Å². The highest BCUT2D eigenvalue weighted by Crippen LogP contribution is 1.97. The Bertz CT molecular complexity index is 193. The van der Waals surface area contributed by atoms with Gasteiger partial charge in [0, 0.05) is 30.9 Å². The lowest BCUT2D eigenvalue weighted by Crippen LogP contribution is -2.06. The maximum absolute atomic E-state index is 4.24. The van der Waals surface area contributed by atoms with E-state index in [1.165, 1.54) is 0 Å². The molecule has 0 saturated heterocycles. The van der Waals surface area contributed by atoms with Gasteiger partial charge in [-0.15, -0.1) is 0 Å². The monoisotopic (exact) mass is 165 g/mol. The molecule has 0 spiro atoms. The molecule has 0 aliphatic rings. The molecule has 1 heterocycles. The van der Waals surface area contributed by atoms with Gasteiger partial charge >= 0.3 is 0 Å². The Kier molecular flexibility index (Phi) is 3.67. The molecule has 0 aromatic carbocycles. The smallest absolute Gasteiger partial charge is 0.128 e. The standard InChI is InChI=1S/C9H15N3/c1-3-4-9-11-6-8(5-10-2)7-12-9/h6-7,10H,3-5H2,1-2H3. The highest BCUT2D eigenvalue weighted by molar-refractivity contribution is 5.04. The first-order chi connectivity index (χ1) is 5.86. The van der Waals surface area contributed by atoms with Crippen LogP contribution in [-0.2, 0) is 13.0 Å². The molecule has 1 aromatic heterocycles. The maximum atomic E-state index is 4.24. The van der Waals surface area contributed by atoms with E-state index in [1.807, 2.05) is 19.4 Å². The predicted molar refractivity (Wildman–Crippen MR) is 48.8 cm³/mol. The SMILES string of the molecule is CCCc1ncc(CNC)cn1. The molecule has 0 aliphatic heterocycles.